The van der Waals surface area contributed by atoms with Crippen LogP contribution in [0.25, 0.3) is 33.3 Å². The fourth-order valence-corrected chi connectivity index (χ4v) is 3.41. The molecule has 0 fully saturated rings. The predicted molar refractivity (Wildman–Crippen MR) is 101 cm³/mol. The Labute approximate surface area is 142 Å². The highest BCUT2D eigenvalue weighted by molar-refractivity contribution is 5.94. The molecule has 0 atom stereocenters. The van der Waals surface area contributed by atoms with Crippen molar-refractivity contribution in [2.45, 2.75) is 6.92 Å². The minimum Gasteiger partial charge on any atom is -0.194 e. The van der Waals surface area contributed by atoms with E-state index in [9.17, 15) is 0 Å². The standard InChI is InChI=1S/C23H20N/c1-17-10-6-7-13-19(17)23-16-21(18-11-4-3-5-12-18)20-14-8-9-15-22(20)24(23)2/h3-16H,1-2H3/q+1. The van der Waals surface area contributed by atoms with Crippen molar-refractivity contribution in [1.29, 1.82) is 0 Å². The molecular weight excluding hydrogens is 290 g/mol. The maximum atomic E-state index is 2.32. The Morgan fingerprint density at radius 2 is 1.33 bits per heavy atom. The number of pyridine rings is 1. The smallest absolute Gasteiger partial charge is 0.194 e. The van der Waals surface area contributed by atoms with E-state index in [2.05, 4.69) is 103 Å². The van der Waals surface area contributed by atoms with E-state index in [0.717, 1.165) is 0 Å². The van der Waals surface area contributed by atoms with Gasteiger partial charge in [0.15, 0.2) is 0 Å². The summed E-state index contributed by atoms with van der Waals surface area (Å²) in [5.41, 5.74) is 7.60. The molecule has 0 radical (unpaired) electrons. The normalized spacial score (nSPS) is 10.9. The van der Waals surface area contributed by atoms with Crippen molar-refractivity contribution in [3.05, 3.63) is 90.5 Å². The van der Waals surface area contributed by atoms with Crippen LogP contribution in [0.5, 0.6) is 0 Å². The number of hydrogen-bond acceptors (Lipinski definition) is 0. The Balaban J connectivity index is 2.10. The molecule has 0 saturated carbocycles. The zero-order valence-corrected chi connectivity index (χ0v) is 14.0. The van der Waals surface area contributed by atoms with Gasteiger partial charge in [-0.15, -0.1) is 0 Å². The summed E-state index contributed by atoms with van der Waals surface area (Å²) < 4.78 is 2.30. The van der Waals surface area contributed by atoms with Crippen molar-refractivity contribution in [1.82, 2.24) is 0 Å². The van der Waals surface area contributed by atoms with Crippen LogP contribution in [0.1, 0.15) is 5.56 Å². The number of nitrogens with zero attached hydrogens (tertiary/aromatic N) is 1. The molecule has 1 nitrogen and oxygen atoms in total. The molecule has 0 amide bonds. The van der Waals surface area contributed by atoms with Gasteiger partial charge in [0.2, 0.25) is 11.2 Å². The summed E-state index contributed by atoms with van der Waals surface area (Å²) in [5.74, 6) is 0. The molecule has 0 aliphatic heterocycles. The van der Waals surface area contributed by atoms with Crippen molar-refractivity contribution >= 4 is 10.9 Å². The summed E-state index contributed by atoms with van der Waals surface area (Å²) in [7, 11) is 2.15. The van der Waals surface area contributed by atoms with Crippen LogP contribution in [0.4, 0.5) is 0 Å². The molecule has 0 aliphatic carbocycles. The highest BCUT2D eigenvalue weighted by Crippen LogP contribution is 2.31. The molecule has 4 rings (SSSR count). The summed E-state index contributed by atoms with van der Waals surface area (Å²) in [4.78, 5) is 0. The Morgan fingerprint density at radius 3 is 2.12 bits per heavy atom. The molecule has 0 aliphatic rings. The van der Waals surface area contributed by atoms with Gasteiger partial charge in [-0.2, -0.15) is 4.57 Å². The number of hydrogen-bond donors (Lipinski definition) is 0. The second-order valence-electron chi connectivity index (χ2n) is 6.20. The topological polar surface area (TPSA) is 3.88 Å². The number of aromatic nitrogens is 1. The van der Waals surface area contributed by atoms with Gasteiger partial charge >= 0.3 is 0 Å². The first kappa shape index (κ1) is 14.6. The zero-order valence-electron chi connectivity index (χ0n) is 14.0. The molecule has 0 spiro atoms. The fourth-order valence-electron chi connectivity index (χ4n) is 3.41. The average Bonchev–Trinajstić information content (AvgIpc) is 2.64. The predicted octanol–water partition coefficient (Wildman–Crippen LogP) is 5.31. The molecule has 0 saturated heterocycles. The number of para-hydroxylation sites is 1. The summed E-state index contributed by atoms with van der Waals surface area (Å²) in [6.45, 7) is 2.17. The van der Waals surface area contributed by atoms with Crippen LogP contribution in [0.3, 0.4) is 0 Å². The van der Waals surface area contributed by atoms with Crippen LogP contribution in [-0.4, -0.2) is 0 Å². The van der Waals surface area contributed by atoms with Crippen LogP contribution >= 0.6 is 0 Å². The molecule has 1 heteroatoms. The zero-order chi connectivity index (χ0) is 16.5. The van der Waals surface area contributed by atoms with Gasteiger partial charge in [-0.05, 0) is 30.2 Å². The van der Waals surface area contributed by atoms with E-state index in [4.69, 9.17) is 0 Å². The van der Waals surface area contributed by atoms with Crippen molar-refractivity contribution in [2.75, 3.05) is 0 Å². The lowest BCUT2D eigenvalue weighted by atomic mass is 9.96. The van der Waals surface area contributed by atoms with E-state index in [0.29, 0.717) is 0 Å². The van der Waals surface area contributed by atoms with Crippen LogP contribution in [0, 0.1) is 6.92 Å². The highest BCUT2D eigenvalue weighted by atomic mass is 14.9. The lowest BCUT2D eigenvalue weighted by Gasteiger charge is -2.11. The van der Waals surface area contributed by atoms with Crippen molar-refractivity contribution in [3.63, 3.8) is 0 Å². The third-order valence-corrected chi connectivity index (χ3v) is 4.70. The molecule has 1 aromatic heterocycles. The third-order valence-electron chi connectivity index (χ3n) is 4.70. The lowest BCUT2D eigenvalue weighted by molar-refractivity contribution is -0.633. The fraction of sp³-hybridized carbons (Fsp3) is 0.0870. The maximum Gasteiger partial charge on any atom is 0.213 e. The monoisotopic (exact) mass is 310 g/mol. The van der Waals surface area contributed by atoms with E-state index in [1.807, 2.05) is 0 Å². The van der Waals surface area contributed by atoms with E-state index in [1.54, 1.807) is 0 Å². The molecule has 1 heterocycles. The van der Waals surface area contributed by atoms with E-state index >= 15 is 0 Å². The summed E-state index contributed by atoms with van der Waals surface area (Å²) in [6, 6.07) is 30.2. The van der Waals surface area contributed by atoms with Gasteiger partial charge in [0.25, 0.3) is 0 Å². The Bertz CT molecular complexity index is 1020. The van der Waals surface area contributed by atoms with Crippen LogP contribution in [0.2, 0.25) is 0 Å². The second-order valence-corrected chi connectivity index (χ2v) is 6.20. The summed E-state index contributed by atoms with van der Waals surface area (Å²) in [5, 5.41) is 1.28. The first-order valence-corrected chi connectivity index (χ1v) is 8.29. The average molecular weight is 310 g/mol. The SMILES string of the molecule is Cc1ccccc1-c1cc(-c2ccccc2)c2ccccc2[n+]1C. The number of benzene rings is 3. The lowest BCUT2D eigenvalue weighted by Crippen LogP contribution is -2.32. The third kappa shape index (κ3) is 2.39. The van der Waals surface area contributed by atoms with Crippen molar-refractivity contribution in [3.8, 4) is 22.4 Å². The highest BCUT2D eigenvalue weighted by Gasteiger charge is 2.19. The molecule has 24 heavy (non-hydrogen) atoms. The Kier molecular flexibility index (Phi) is 3.62. The minimum absolute atomic E-state index is 1.24. The van der Waals surface area contributed by atoms with Gasteiger partial charge in [-0.1, -0.05) is 60.7 Å². The number of fused-ring (bicyclic) bond motifs is 1. The minimum atomic E-state index is 1.24. The molecular formula is C23H20N+. The first-order chi connectivity index (χ1) is 11.8. The number of aryl methyl sites for hydroxylation is 2. The summed E-state index contributed by atoms with van der Waals surface area (Å²) in [6.07, 6.45) is 0. The second kappa shape index (κ2) is 5.93. The van der Waals surface area contributed by atoms with Gasteiger partial charge in [-0.3, -0.25) is 0 Å². The molecule has 116 valence electrons. The van der Waals surface area contributed by atoms with E-state index < -0.39 is 0 Å². The molecule has 0 N–H and O–H groups in total. The largest absolute Gasteiger partial charge is 0.213 e. The van der Waals surface area contributed by atoms with Gasteiger partial charge in [0, 0.05) is 23.3 Å². The Hall–Kier alpha value is -2.93. The molecule has 0 unspecified atom stereocenters. The van der Waals surface area contributed by atoms with Gasteiger partial charge < -0.3 is 0 Å². The summed E-state index contributed by atoms with van der Waals surface area (Å²) >= 11 is 0. The van der Waals surface area contributed by atoms with Gasteiger partial charge in [0.1, 0.15) is 7.05 Å². The van der Waals surface area contributed by atoms with Gasteiger partial charge in [0.05, 0.1) is 5.39 Å². The molecule has 4 aromatic rings. The van der Waals surface area contributed by atoms with Gasteiger partial charge in [-0.25, -0.2) is 0 Å². The molecule has 3 aromatic carbocycles. The van der Waals surface area contributed by atoms with Crippen molar-refractivity contribution in [2.24, 2.45) is 7.05 Å². The molecule has 0 bridgehead atoms. The Morgan fingerprint density at radius 1 is 0.667 bits per heavy atom. The number of rotatable bonds is 2. The van der Waals surface area contributed by atoms with Crippen LogP contribution < -0.4 is 4.57 Å². The van der Waals surface area contributed by atoms with E-state index in [1.165, 1.54) is 38.9 Å². The van der Waals surface area contributed by atoms with E-state index in [-0.39, 0.29) is 0 Å². The van der Waals surface area contributed by atoms with Crippen LogP contribution in [-0.2, 0) is 7.05 Å². The quantitative estimate of drug-likeness (QED) is 0.442. The first-order valence-electron chi connectivity index (χ1n) is 8.29. The van der Waals surface area contributed by atoms with Crippen LogP contribution in [0.15, 0.2) is 84.9 Å². The van der Waals surface area contributed by atoms with Crippen molar-refractivity contribution < 1.29 is 4.57 Å². The maximum absolute atomic E-state index is 2.32.